The molecule has 0 atom stereocenters. The van der Waals surface area contributed by atoms with Crippen molar-refractivity contribution < 1.29 is 4.39 Å². The van der Waals surface area contributed by atoms with E-state index in [2.05, 4.69) is 26.3 Å². The summed E-state index contributed by atoms with van der Waals surface area (Å²) in [5, 5.41) is 14.0. The molecule has 0 spiro atoms. The van der Waals surface area contributed by atoms with Crippen LogP contribution in [-0.2, 0) is 13.0 Å². The fourth-order valence-electron chi connectivity index (χ4n) is 4.12. The van der Waals surface area contributed by atoms with Gasteiger partial charge in [-0.3, -0.25) is 4.79 Å². The lowest BCUT2D eigenvalue weighted by atomic mass is 10.1. The van der Waals surface area contributed by atoms with Gasteiger partial charge in [0.05, 0.1) is 6.20 Å². The maximum absolute atomic E-state index is 13.3. The van der Waals surface area contributed by atoms with Gasteiger partial charge in [-0.25, -0.2) is 8.91 Å². The predicted molar refractivity (Wildman–Crippen MR) is 120 cm³/mol. The number of aromatic nitrogens is 6. The number of nitrogens with zero attached hydrogens (tertiary/aromatic N) is 5. The monoisotopic (exact) mass is 424 g/mol. The molecule has 2 aromatic carbocycles. The Bertz CT molecular complexity index is 1660. The largest absolute Gasteiger partial charge is 0.361 e. The van der Waals surface area contributed by atoms with Gasteiger partial charge in [-0.2, -0.15) is 5.10 Å². The molecule has 6 rings (SSSR count). The molecule has 0 aliphatic rings. The van der Waals surface area contributed by atoms with Crippen molar-refractivity contribution in [1.82, 2.24) is 29.4 Å². The predicted octanol–water partition coefficient (Wildman–Crippen LogP) is 3.97. The molecule has 0 fully saturated rings. The fraction of sp³-hybridized carbons (Fsp3) is 0.0833. The summed E-state index contributed by atoms with van der Waals surface area (Å²) in [5.74, 6) is -0.310. The number of rotatable bonds is 4. The smallest absolute Gasteiger partial charge is 0.280 e. The lowest BCUT2D eigenvalue weighted by Crippen LogP contribution is -2.22. The Balaban J connectivity index is 1.37. The van der Waals surface area contributed by atoms with E-state index in [1.807, 2.05) is 30.5 Å². The highest BCUT2D eigenvalue weighted by Crippen LogP contribution is 2.24. The number of H-pyrrole nitrogens is 1. The van der Waals surface area contributed by atoms with E-state index in [0.29, 0.717) is 24.1 Å². The summed E-state index contributed by atoms with van der Waals surface area (Å²) in [6, 6.07) is 16.0. The van der Waals surface area contributed by atoms with E-state index in [1.165, 1.54) is 12.1 Å². The summed E-state index contributed by atoms with van der Waals surface area (Å²) >= 11 is 0. The van der Waals surface area contributed by atoms with E-state index in [0.717, 1.165) is 27.6 Å². The highest BCUT2D eigenvalue weighted by Gasteiger charge is 2.14. The Hall–Kier alpha value is -4.33. The average Bonchev–Trinajstić information content (AvgIpc) is 3.44. The number of nitrogens with one attached hydrogen (secondary N) is 1. The van der Waals surface area contributed by atoms with Gasteiger partial charge < -0.3 is 9.55 Å². The average molecular weight is 424 g/mol. The van der Waals surface area contributed by atoms with E-state index in [-0.39, 0.29) is 16.9 Å². The highest BCUT2D eigenvalue weighted by molar-refractivity contribution is 5.83. The second kappa shape index (κ2) is 7.12. The van der Waals surface area contributed by atoms with Gasteiger partial charge in [0, 0.05) is 35.4 Å². The molecule has 0 bridgehead atoms. The molecule has 1 N–H and O–H groups in total. The van der Waals surface area contributed by atoms with Crippen molar-refractivity contribution in [2.24, 2.45) is 0 Å². The van der Waals surface area contributed by atoms with Crippen molar-refractivity contribution >= 4 is 27.6 Å². The second-order valence-electron chi connectivity index (χ2n) is 7.66. The van der Waals surface area contributed by atoms with Gasteiger partial charge in [0.2, 0.25) is 0 Å². The van der Waals surface area contributed by atoms with Crippen molar-refractivity contribution in [3.05, 3.63) is 94.9 Å². The molecule has 0 aliphatic heterocycles. The summed E-state index contributed by atoms with van der Waals surface area (Å²) in [4.78, 5) is 16.3. The standard InChI is InChI=1S/C24H17FN6O/c25-17-7-5-15(6-8-17)19-14-27-31-21-10-12-30(24(32)22(21)28-29-23(19)31)11-9-16-13-26-20-4-2-1-3-18(16)20/h1-8,10,12-14,26H,9,11H2. The van der Waals surface area contributed by atoms with Crippen molar-refractivity contribution in [3.63, 3.8) is 0 Å². The molecule has 156 valence electrons. The molecule has 7 nitrogen and oxygen atoms in total. The van der Waals surface area contributed by atoms with Crippen LogP contribution in [0.3, 0.4) is 0 Å². The molecule has 4 heterocycles. The first-order chi connectivity index (χ1) is 15.7. The SMILES string of the molecule is O=c1c2nnc3c(-c4ccc(F)cc4)cnn3c2ccn1CCc1c[nH]c2ccccc12. The maximum atomic E-state index is 13.3. The zero-order valence-electron chi connectivity index (χ0n) is 16.9. The number of aryl methyl sites for hydroxylation is 2. The van der Waals surface area contributed by atoms with Crippen LogP contribution in [0, 0.1) is 5.82 Å². The Labute approximate surface area is 180 Å². The molecule has 0 saturated heterocycles. The summed E-state index contributed by atoms with van der Waals surface area (Å²) in [5.41, 5.74) is 4.88. The molecule has 0 amide bonds. The number of aromatic amines is 1. The minimum atomic E-state index is -0.310. The minimum Gasteiger partial charge on any atom is -0.361 e. The third kappa shape index (κ3) is 2.88. The van der Waals surface area contributed by atoms with Gasteiger partial charge in [-0.15, -0.1) is 10.2 Å². The second-order valence-corrected chi connectivity index (χ2v) is 7.66. The lowest BCUT2D eigenvalue weighted by Gasteiger charge is -2.07. The zero-order valence-corrected chi connectivity index (χ0v) is 16.9. The third-order valence-corrected chi connectivity index (χ3v) is 5.79. The van der Waals surface area contributed by atoms with Crippen LogP contribution in [0.15, 0.2) is 78.0 Å². The summed E-state index contributed by atoms with van der Waals surface area (Å²) < 4.78 is 16.5. The van der Waals surface area contributed by atoms with E-state index in [4.69, 9.17) is 0 Å². The van der Waals surface area contributed by atoms with Crippen LogP contribution >= 0.6 is 0 Å². The van der Waals surface area contributed by atoms with Crippen LogP contribution in [0.25, 0.3) is 38.7 Å². The van der Waals surface area contributed by atoms with Crippen LogP contribution in [0.4, 0.5) is 4.39 Å². The van der Waals surface area contributed by atoms with E-state index in [9.17, 15) is 9.18 Å². The first-order valence-corrected chi connectivity index (χ1v) is 10.2. The Morgan fingerprint density at radius 2 is 1.84 bits per heavy atom. The van der Waals surface area contributed by atoms with Crippen LogP contribution in [0.2, 0.25) is 0 Å². The van der Waals surface area contributed by atoms with Gasteiger partial charge in [0.1, 0.15) is 11.3 Å². The topological polar surface area (TPSA) is 80.9 Å². The van der Waals surface area contributed by atoms with E-state index >= 15 is 0 Å². The maximum Gasteiger partial charge on any atom is 0.280 e. The van der Waals surface area contributed by atoms with Crippen LogP contribution in [-0.4, -0.2) is 29.4 Å². The molecule has 0 aliphatic carbocycles. The number of hydrogen-bond acceptors (Lipinski definition) is 4. The molecule has 8 heteroatoms. The Kier molecular flexibility index (Phi) is 4.10. The van der Waals surface area contributed by atoms with Crippen molar-refractivity contribution in [2.45, 2.75) is 13.0 Å². The summed E-state index contributed by atoms with van der Waals surface area (Å²) in [7, 11) is 0. The number of para-hydroxylation sites is 1. The molecule has 6 aromatic rings. The fourth-order valence-corrected chi connectivity index (χ4v) is 4.12. The zero-order chi connectivity index (χ0) is 21.7. The number of benzene rings is 2. The normalized spacial score (nSPS) is 11.7. The van der Waals surface area contributed by atoms with Crippen LogP contribution in [0.5, 0.6) is 0 Å². The first kappa shape index (κ1) is 18.4. The third-order valence-electron chi connectivity index (χ3n) is 5.79. The minimum absolute atomic E-state index is 0.212. The molecule has 0 radical (unpaired) electrons. The molecule has 0 unspecified atom stereocenters. The van der Waals surface area contributed by atoms with Gasteiger partial charge in [-0.1, -0.05) is 30.3 Å². The number of hydrogen-bond donors (Lipinski definition) is 1. The van der Waals surface area contributed by atoms with Crippen molar-refractivity contribution in [3.8, 4) is 11.1 Å². The Morgan fingerprint density at radius 3 is 2.72 bits per heavy atom. The molecular formula is C24H17FN6O. The van der Waals surface area contributed by atoms with Gasteiger partial charge in [0.25, 0.3) is 5.56 Å². The summed E-state index contributed by atoms with van der Waals surface area (Å²) in [6.07, 6.45) is 6.11. The Morgan fingerprint density at radius 1 is 1.00 bits per heavy atom. The van der Waals surface area contributed by atoms with E-state index in [1.54, 1.807) is 33.6 Å². The number of pyridine rings is 1. The van der Waals surface area contributed by atoms with Crippen LogP contribution < -0.4 is 5.56 Å². The van der Waals surface area contributed by atoms with Crippen molar-refractivity contribution in [2.75, 3.05) is 0 Å². The number of halogens is 1. The van der Waals surface area contributed by atoms with Gasteiger partial charge in [0.15, 0.2) is 11.2 Å². The highest BCUT2D eigenvalue weighted by atomic mass is 19.1. The molecule has 0 saturated carbocycles. The quantitative estimate of drug-likeness (QED) is 0.464. The van der Waals surface area contributed by atoms with Gasteiger partial charge in [-0.05, 0) is 41.8 Å². The van der Waals surface area contributed by atoms with Gasteiger partial charge >= 0.3 is 0 Å². The van der Waals surface area contributed by atoms with Crippen LogP contribution in [0.1, 0.15) is 5.56 Å². The lowest BCUT2D eigenvalue weighted by molar-refractivity contribution is 0.628. The molecule has 4 aromatic heterocycles. The summed E-state index contributed by atoms with van der Waals surface area (Å²) in [6.45, 7) is 0.524. The molecular weight excluding hydrogens is 407 g/mol. The first-order valence-electron chi connectivity index (χ1n) is 10.2. The van der Waals surface area contributed by atoms with E-state index < -0.39 is 0 Å². The molecule has 32 heavy (non-hydrogen) atoms. The number of fused-ring (bicyclic) bond motifs is 4. The van der Waals surface area contributed by atoms with Crippen molar-refractivity contribution in [1.29, 1.82) is 0 Å².